The lowest BCUT2D eigenvalue weighted by Gasteiger charge is -2.37. The summed E-state index contributed by atoms with van der Waals surface area (Å²) >= 11 is 0. The SMILES string of the molecule is COc1ccc(CC2CCN(C(=O)C3Oc4ccccc4OC3C)CC2)cc1. The topological polar surface area (TPSA) is 48.0 Å². The van der Waals surface area contributed by atoms with Crippen molar-refractivity contribution in [2.24, 2.45) is 5.92 Å². The van der Waals surface area contributed by atoms with E-state index in [4.69, 9.17) is 14.2 Å². The average Bonchev–Trinajstić information content (AvgIpc) is 2.74. The van der Waals surface area contributed by atoms with Gasteiger partial charge in [-0.05, 0) is 61.9 Å². The quantitative estimate of drug-likeness (QED) is 0.810. The van der Waals surface area contributed by atoms with E-state index in [1.165, 1.54) is 5.56 Å². The number of hydrogen-bond acceptors (Lipinski definition) is 4. The number of amides is 1. The Bertz CT molecular complexity index is 812. The summed E-state index contributed by atoms with van der Waals surface area (Å²) in [6, 6.07) is 15.8. The maximum absolute atomic E-state index is 13.0. The van der Waals surface area contributed by atoms with Gasteiger partial charge in [0.1, 0.15) is 11.9 Å². The highest BCUT2D eigenvalue weighted by atomic mass is 16.6. The summed E-state index contributed by atoms with van der Waals surface area (Å²) in [4.78, 5) is 14.9. The number of carbonyl (C=O) groups is 1. The van der Waals surface area contributed by atoms with Crippen molar-refractivity contribution in [3.8, 4) is 17.2 Å². The van der Waals surface area contributed by atoms with Crippen molar-refractivity contribution in [3.63, 3.8) is 0 Å². The Balaban J connectivity index is 1.32. The minimum absolute atomic E-state index is 0.0323. The van der Waals surface area contributed by atoms with Gasteiger partial charge in [0, 0.05) is 13.1 Å². The van der Waals surface area contributed by atoms with Crippen LogP contribution in [-0.2, 0) is 11.2 Å². The van der Waals surface area contributed by atoms with Crippen molar-refractivity contribution in [3.05, 3.63) is 54.1 Å². The van der Waals surface area contributed by atoms with E-state index < -0.39 is 6.10 Å². The highest BCUT2D eigenvalue weighted by Crippen LogP contribution is 2.34. The molecule has 4 rings (SSSR count). The molecule has 1 amide bonds. The van der Waals surface area contributed by atoms with Gasteiger partial charge in [-0.15, -0.1) is 0 Å². The van der Waals surface area contributed by atoms with Gasteiger partial charge in [-0.3, -0.25) is 4.79 Å². The lowest BCUT2D eigenvalue weighted by Crippen LogP contribution is -2.52. The molecule has 2 aromatic carbocycles. The Morgan fingerprint density at radius 1 is 1.04 bits per heavy atom. The predicted octanol–water partition coefficient (Wildman–Crippen LogP) is 3.70. The van der Waals surface area contributed by atoms with Gasteiger partial charge >= 0.3 is 0 Å². The Morgan fingerprint density at radius 3 is 2.32 bits per heavy atom. The van der Waals surface area contributed by atoms with E-state index in [0.29, 0.717) is 17.4 Å². The zero-order valence-corrected chi connectivity index (χ0v) is 16.5. The zero-order valence-electron chi connectivity index (χ0n) is 16.5. The summed E-state index contributed by atoms with van der Waals surface area (Å²) in [5.74, 6) is 2.86. The molecule has 2 aliphatic rings. The summed E-state index contributed by atoms with van der Waals surface area (Å²) in [5, 5.41) is 0. The number of hydrogen-bond donors (Lipinski definition) is 0. The molecule has 2 heterocycles. The maximum atomic E-state index is 13.0. The Morgan fingerprint density at radius 2 is 1.68 bits per heavy atom. The highest BCUT2D eigenvalue weighted by molar-refractivity contribution is 5.82. The molecule has 5 nitrogen and oxygen atoms in total. The molecule has 1 fully saturated rings. The van der Waals surface area contributed by atoms with Crippen LogP contribution in [0.1, 0.15) is 25.3 Å². The lowest BCUT2D eigenvalue weighted by molar-refractivity contribution is -0.145. The van der Waals surface area contributed by atoms with E-state index >= 15 is 0 Å². The van der Waals surface area contributed by atoms with Crippen LogP contribution in [0.4, 0.5) is 0 Å². The maximum Gasteiger partial charge on any atom is 0.267 e. The minimum atomic E-state index is -0.576. The molecule has 2 unspecified atom stereocenters. The highest BCUT2D eigenvalue weighted by Gasteiger charge is 2.37. The number of para-hydroxylation sites is 2. The summed E-state index contributed by atoms with van der Waals surface area (Å²) in [6.45, 7) is 3.44. The molecule has 5 heteroatoms. The molecule has 0 bridgehead atoms. The van der Waals surface area contributed by atoms with E-state index in [1.54, 1.807) is 7.11 Å². The normalized spacial score (nSPS) is 22.0. The fourth-order valence-electron chi connectivity index (χ4n) is 4.02. The van der Waals surface area contributed by atoms with Crippen LogP contribution in [0.25, 0.3) is 0 Å². The van der Waals surface area contributed by atoms with Crippen molar-refractivity contribution < 1.29 is 19.0 Å². The molecular weight excluding hydrogens is 354 g/mol. The van der Waals surface area contributed by atoms with E-state index in [1.807, 2.05) is 48.2 Å². The predicted molar refractivity (Wildman–Crippen MR) is 107 cm³/mol. The van der Waals surface area contributed by atoms with Crippen LogP contribution < -0.4 is 14.2 Å². The van der Waals surface area contributed by atoms with Crippen molar-refractivity contribution in [1.82, 2.24) is 4.90 Å². The Labute approximate surface area is 166 Å². The fraction of sp³-hybridized carbons (Fsp3) is 0.435. The van der Waals surface area contributed by atoms with Gasteiger partial charge < -0.3 is 19.1 Å². The monoisotopic (exact) mass is 381 g/mol. The molecule has 0 spiro atoms. The molecular formula is C23H27NO4. The standard InChI is InChI=1S/C23H27NO4/c1-16-22(28-21-6-4-3-5-20(21)27-16)23(25)24-13-11-18(12-14-24)15-17-7-9-19(26-2)10-8-17/h3-10,16,18,22H,11-15H2,1-2H3. The average molecular weight is 381 g/mol. The third-order valence-corrected chi connectivity index (χ3v) is 5.70. The number of fused-ring (bicyclic) bond motifs is 1. The second-order valence-electron chi connectivity index (χ2n) is 7.63. The van der Waals surface area contributed by atoms with Gasteiger partial charge in [0.15, 0.2) is 11.5 Å². The van der Waals surface area contributed by atoms with Gasteiger partial charge in [0.05, 0.1) is 7.11 Å². The number of likely N-dealkylation sites (tertiary alicyclic amines) is 1. The number of methoxy groups -OCH3 is 1. The number of benzene rings is 2. The number of carbonyl (C=O) groups excluding carboxylic acids is 1. The first kappa shape index (κ1) is 18.7. The lowest BCUT2D eigenvalue weighted by atomic mass is 9.90. The molecule has 0 N–H and O–H groups in total. The van der Waals surface area contributed by atoms with Crippen molar-refractivity contribution in [1.29, 1.82) is 0 Å². The molecule has 2 atom stereocenters. The second kappa shape index (κ2) is 8.13. The first-order valence-corrected chi connectivity index (χ1v) is 9.98. The molecule has 0 aromatic heterocycles. The van der Waals surface area contributed by atoms with Crippen LogP contribution in [0.3, 0.4) is 0 Å². The summed E-state index contributed by atoms with van der Waals surface area (Å²) in [7, 11) is 1.68. The van der Waals surface area contributed by atoms with Gasteiger partial charge in [0.2, 0.25) is 6.10 Å². The molecule has 2 aliphatic heterocycles. The third kappa shape index (κ3) is 3.93. The van der Waals surface area contributed by atoms with E-state index in [-0.39, 0.29) is 12.0 Å². The molecule has 1 saturated heterocycles. The number of rotatable bonds is 4. The van der Waals surface area contributed by atoms with Crippen molar-refractivity contribution in [2.45, 2.75) is 38.4 Å². The van der Waals surface area contributed by atoms with Gasteiger partial charge in [0.25, 0.3) is 5.91 Å². The van der Waals surface area contributed by atoms with E-state index in [2.05, 4.69) is 12.1 Å². The van der Waals surface area contributed by atoms with Gasteiger partial charge in [-0.2, -0.15) is 0 Å². The summed E-state index contributed by atoms with van der Waals surface area (Å²) in [6.07, 6.45) is 2.19. The first-order valence-electron chi connectivity index (χ1n) is 9.98. The largest absolute Gasteiger partial charge is 0.497 e. The van der Waals surface area contributed by atoms with Gasteiger partial charge in [-0.1, -0.05) is 24.3 Å². The third-order valence-electron chi connectivity index (χ3n) is 5.70. The van der Waals surface area contributed by atoms with Crippen LogP contribution >= 0.6 is 0 Å². The van der Waals surface area contributed by atoms with E-state index in [9.17, 15) is 4.79 Å². The fourth-order valence-corrected chi connectivity index (χ4v) is 4.02. The van der Waals surface area contributed by atoms with Crippen molar-refractivity contribution in [2.75, 3.05) is 20.2 Å². The second-order valence-corrected chi connectivity index (χ2v) is 7.63. The van der Waals surface area contributed by atoms with Crippen LogP contribution in [0, 0.1) is 5.92 Å². The molecule has 2 aromatic rings. The van der Waals surface area contributed by atoms with Crippen LogP contribution in [0.15, 0.2) is 48.5 Å². The molecule has 148 valence electrons. The number of nitrogens with zero attached hydrogens (tertiary/aromatic N) is 1. The van der Waals surface area contributed by atoms with Crippen LogP contribution in [0.2, 0.25) is 0 Å². The number of ether oxygens (including phenoxy) is 3. The number of piperidine rings is 1. The Kier molecular flexibility index (Phi) is 5.42. The zero-order chi connectivity index (χ0) is 19.5. The molecule has 0 saturated carbocycles. The smallest absolute Gasteiger partial charge is 0.267 e. The molecule has 0 aliphatic carbocycles. The Hall–Kier alpha value is -2.69. The molecule has 0 radical (unpaired) electrons. The first-order chi connectivity index (χ1) is 13.6. The molecule has 28 heavy (non-hydrogen) atoms. The minimum Gasteiger partial charge on any atom is -0.497 e. The van der Waals surface area contributed by atoms with Crippen molar-refractivity contribution >= 4 is 5.91 Å². The van der Waals surface area contributed by atoms with Crippen LogP contribution in [-0.4, -0.2) is 43.2 Å². The van der Waals surface area contributed by atoms with Crippen LogP contribution in [0.5, 0.6) is 17.2 Å². The van der Waals surface area contributed by atoms with E-state index in [0.717, 1.165) is 38.1 Å². The summed E-state index contributed by atoms with van der Waals surface area (Å²) < 4.78 is 17.1. The van der Waals surface area contributed by atoms with Gasteiger partial charge in [-0.25, -0.2) is 0 Å². The summed E-state index contributed by atoms with van der Waals surface area (Å²) in [5.41, 5.74) is 1.32.